The highest BCUT2D eigenvalue weighted by molar-refractivity contribution is 5.82. The van der Waals surface area contributed by atoms with Gasteiger partial charge in [-0.25, -0.2) is 9.97 Å². The van der Waals surface area contributed by atoms with Crippen LogP contribution in [0.5, 0.6) is 0 Å². The summed E-state index contributed by atoms with van der Waals surface area (Å²) in [7, 11) is 3.96. The number of hydrogen-bond acceptors (Lipinski definition) is 6. The lowest BCUT2D eigenvalue weighted by molar-refractivity contribution is -0.133. The second-order valence-electron chi connectivity index (χ2n) is 7.19. The van der Waals surface area contributed by atoms with Gasteiger partial charge < -0.3 is 15.5 Å². The Hall–Kier alpha value is -2.54. The number of nitrogens with two attached hydrogens (primary N) is 1. The van der Waals surface area contributed by atoms with Gasteiger partial charge in [0.15, 0.2) is 5.82 Å². The molecule has 0 bridgehead atoms. The van der Waals surface area contributed by atoms with Crippen LogP contribution >= 0.6 is 0 Å². The van der Waals surface area contributed by atoms with Crippen molar-refractivity contribution in [3.63, 3.8) is 0 Å². The number of unbranched alkanes of at least 4 members (excludes halogenated alkanes) is 1. The molecular formula is C20H28N6O. The van der Waals surface area contributed by atoms with Gasteiger partial charge in [0.25, 0.3) is 0 Å². The Balaban J connectivity index is 1.90. The molecule has 144 valence electrons. The second-order valence-corrected chi connectivity index (χ2v) is 7.19. The van der Waals surface area contributed by atoms with Gasteiger partial charge in [0.1, 0.15) is 5.82 Å². The Bertz CT molecular complexity index is 793. The van der Waals surface area contributed by atoms with Crippen LogP contribution in [0.4, 0.5) is 5.82 Å². The van der Waals surface area contributed by atoms with Gasteiger partial charge in [-0.15, -0.1) is 0 Å². The van der Waals surface area contributed by atoms with Crippen LogP contribution in [0.15, 0.2) is 24.5 Å². The third-order valence-corrected chi connectivity index (χ3v) is 4.88. The first kappa shape index (κ1) is 19.2. The molecule has 0 saturated carbocycles. The minimum atomic E-state index is -0.431. The van der Waals surface area contributed by atoms with Gasteiger partial charge in [0, 0.05) is 44.2 Å². The molecule has 27 heavy (non-hydrogen) atoms. The van der Waals surface area contributed by atoms with Crippen molar-refractivity contribution < 1.29 is 4.79 Å². The summed E-state index contributed by atoms with van der Waals surface area (Å²) in [5, 5.41) is 0. The van der Waals surface area contributed by atoms with Crippen molar-refractivity contribution in [1.29, 1.82) is 0 Å². The highest BCUT2D eigenvalue weighted by Crippen LogP contribution is 2.28. The number of anilines is 1. The van der Waals surface area contributed by atoms with E-state index in [2.05, 4.69) is 11.9 Å². The molecule has 1 amide bonds. The molecule has 3 rings (SSSR count). The quantitative estimate of drug-likeness (QED) is 0.839. The number of carbonyl (C=O) groups excluding carboxylic acids is 1. The standard InChI is InChI=1S/C20H28N6O/c1-4-5-8-16(21)20(27)26-11-9-15-17(13-26)23-18(24-19(15)25(2)3)14-7-6-10-22-12-14/h6-7,10,12,16H,4-5,8-9,11,13,21H2,1-3H3/t16-/m0/s1. The number of aromatic nitrogens is 3. The van der Waals surface area contributed by atoms with Crippen molar-refractivity contribution in [2.75, 3.05) is 25.5 Å². The SMILES string of the molecule is CCCC[C@H](N)C(=O)N1CCc2c(nc(-c3cccnc3)nc2N(C)C)C1. The summed E-state index contributed by atoms with van der Waals surface area (Å²) >= 11 is 0. The van der Waals surface area contributed by atoms with Crippen molar-refractivity contribution >= 4 is 11.7 Å². The lowest BCUT2D eigenvalue weighted by Crippen LogP contribution is -2.46. The van der Waals surface area contributed by atoms with Gasteiger partial charge in [-0.3, -0.25) is 9.78 Å². The van der Waals surface area contributed by atoms with E-state index in [1.807, 2.05) is 36.0 Å². The summed E-state index contributed by atoms with van der Waals surface area (Å²) in [6.45, 7) is 3.24. The van der Waals surface area contributed by atoms with Gasteiger partial charge in [0.05, 0.1) is 18.3 Å². The summed E-state index contributed by atoms with van der Waals surface area (Å²) in [4.78, 5) is 30.2. The van der Waals surface area contributed by atoms with Crippen molar-refractivity contribution in [3.8, 4) is 11.4 Å². The van der Waals surface area contributed by atoms with Crippen LogP contribution in [0, 0.1) is 0 Å². The number of amides is 1. The third-order valence-electron chi connectivity index (χ3n) is 4.88. The summed E-state index contributed by atoms with van der Waals surface area (Å²) in [6, 6.07) is 3.39. The first-order valence-corrected chi connectivity index (χ1v) is 9.53. The largest absolute Gasteiger partial charge is 0.362 e. The van der Waals surface area contributed by atoms with Crippen molar-refractivity contribution in [1.82, 2.24) is 19.9 Å². The molecule has 2 aromatic heterocycles. The zero-order valence-corrected chi connectivity index (χ0v) is 16.4. The predicted octanol–water partition coefficient (Wildman–Crippen LogP) is 2.01. The number of carbonyl (C=O) groups is 1. The molecule has 7 nitrogen and oxygen atoms in total. The van der Waals surface area contributed by atoms with E-state index in [4.69, 9.17) is 15.7 Å². The Morgan fingerprint density at radius 2 is 2.19 bits per heavy atom. The molecule has 0 spiro atoms. The van der Waals surface area contributed by atoms with Crippen molar-refractivity contribution in [2.45, 2.75) is 45.2 Å². The Labute approximate surface area is 160 Å². The van der Waals surface area contributed by atoms with Crippen molar-refractivity contribution in [3.05, 3.63) is 35.8 Å². The zero-order valence-electron chi connectivity index (χ0n) is 16.4. The molecule has 3 heterocycles. The van der Waals surface area contributed by atoms with Crippen LogP contribution < -0.4 is 10.6 Å². The molecule has 0 fully saturated rings. The molecule has 2 N–H and O–H groups in total. The Kier molecular flexibility index (Phi) is 6.01. The Morgan fingerprint density at radius 1 is 1.37 bits per heavy atom. The molecule has 1 aliphatic heterocycles. The molecule has 2 aromatic rings. The van der Waals surface area contributed by atoms with Gasteiger partial charge in [0.2, 0.25) is 5.91 Å². The average molecular weight is 368 g/mol. The van der Waals surface area contributed by atoms with Crippen LogP contribution in [0.1, 0.15) is 37.4 Å². The van der Waals surface area contributed by atoms with E-state index in [1.165, 1.54) is 0 Å². The lowest BCUT2D eigenvalue weighted by atomic mass is 10.0. The first-order valence-electron chi connectivity index (χ1n) is 9.53. The minimum absolute atomic E-state index is 0.0158. The maximum Gasteiger partial charge on any atom is 0.239 e. The molecule has 0 aliphatic carbocycles. The molecule has 0 aromatic carbocycles. The van der Waals surface area contributed by atoms with E-state index in [1.54, 1.807) is 12.4 Å². The van der Waals surface area contributed by atoms with Gasteiger partial charge in [-0.2, -0.15) is 0 Å². The number of pyridine rings is 1. The molecule has 1 atom stereocenters. The monoisotopic (exact) mass is 368 g/mol. The number of rotatable bonds is 6. The van der Waals surface area contributed by atoms with Crippen LogP contribution in [0.2, 0.25) is 0 Å². The number of hydrogen-bond donors (Lipinski definition) is 1. The molecule has 0 unspecified atom stereocenters. The van der Waals surface area contributed by atoms with Crippen LogP contribution in [0.25, 0.3) is 11.4 Å². The number of nitrogens with zero attached hydrogens (tertiary/aromatic N) is 5. The average Bonchev–Trinajstić information content (AvgIpc) is 2.70. The van der Waals surface area contributed by atoms with E-state index in [-0.39, 0.29) is 5.91 Å². The maximum absolute atomic E-state index is 12.7. The van der Waals surface area contributed by atoms with E-state index >= 15 is 0 Å². The highest BCUT2D eigenvalue weighted by Gasteiger charge is 2.28. The van der Waals surface area contributed by atoms with E-state index in [0.717, 1.165) is 48.3 Å². The Morgan fingerprint density at radius 3 is 2.85 bits per heavy atom. The van der Waals surface area contributed by atoms with Gasteiger partial charge in [-0.05, 0) is 25.0 Å². The van der Waals surface area contributed by atoms with Crippen LogP contribution in [-0.2, 0) is 17.8 Å². The molecule has 0 radical (unpaired) electrons. The van der Waals surface area contributed by atoms with E-state index < -0.39 is 6.04 Å². The molecule has 7 heteroatoms. The topological polar surface area (TPSA) is 88.2 Å². The molecular weight excluding hydrogens is 340 g/mol. The van der Waals surface area contributed by atoms with Gasteiger partial charge >= 0.3 is 0 Å². The second kappa shape index (κ2) is 8.43. The summed E-state index contributed by atoms with van der Waals surface area (Å²) in [5.74, 6) is 1.55. The first-order chi connectivity index (χ1) is 13.0. The number of fused-ring (bicyclic) bond motifs is 1. The minimum Gasteiger partial charge on any atom is -0.362 e. The smallest absolute Gasteiger partial charge is 0.239 e. The third kappa shape index (κ3) is 4.24. The fourth-order valence-corrected chi connectivity index (χ4v) is 3.37. The summed E-state index contributed by atoms with van der Waals surface area (Å²) < 4.78 is 0. The normalized spacial score (nSPS) is 14.6. The van der Waals surface area contributed by atoms with Crippen molar-refractivity contribution in [2.24, 2.45) is 5.73 Å². The molecule has 1 aliphatic rings. The molecule has 0 saturated heterocycles. The predicted molar refractivity (Wildman–Crippen MR) is 106 cm³/mol. The van der Waals surface area contributed by atoms with E-state index in [0.29, 0.717) is 18.9 Å². The van der Waals surface area contributed by atoms with Crippen LogP contribution in [0.3, 0.4) is 0 Å². The van der Waals surface area contributed by atoms with E-state index in [9.17, 15) is 4.79 Å². The summed E-state index contributed by atoms with van der Waals surface area (Å²) in [6.07, 6.45) is 6.96. The lowest BCUT2D eigenvalue weighted by Gasteiger charge is -2.32. The highest BCUT2D eigenvalue weighted by atomic mass is 16.2. The fraction of sp³-hybridized carbons (Fsp3) is 0.500. The van der Waals surface area contributed by atoms with Crippen LogP contribution in [-0.4, -0.2) is 52.4 Å². The summed E-state index contributed by atoms with van der Waals surface area (Å²) in [5.41, 5.74) is 8.99. The maximum atomic E-state index is 12.7. The van der Waals surface area contributed by atoms with Gasteiger partial charge in [-0.1, -0.05) is 19.8 Å². The fourth-order valence-electron chi connectivity index (χ4n) is 3.37. The zero-order chi connectivity index (χ0) is 19.4.